The second-order valence-electron chi connectivity index (χ2n) is 10.5. The van der Waals surface area contributed by atoms with Gasteiger partial charge in [-0.2, -0.15) is 18.3 Å². The molecule has 3 heterocycles. The molecule has 43 heavy (non-hydrogen) atoms. The zero-order valence-corrected chi connectivity index (χ0v) is 25.3. The van der Waals surface area contributed by atoms with Crippen molar-refractivity contribution >= 4 is 27.6 Å². The van der Waals surface area contributed by atoms with E-state index in [4.69, 9.17) is 9.72 Å². The number of ketones is 1. The molecule has 0 saturated carbocycles. The summed E-state index contributed by atoms with van der Waals surface area (Å²) in [6, 6.07) is 11.3. The van der Waals surface area contributed by atoms with E-state index < -0.39 is 23.7 Å². The molecule has 1 aliphatic rings. The number of aromatic nitrogens is 4. The van der Waals surface area contributed by atoms with Crippen molar-refractivity contribution in [2.75, 3.05) is 6.61 Å². The number of alkyl halides is 3. The lowest BCUT2D eigenvalue weighted by molar-refractivity contribution is -0.138. The van der Waals surface area contributed by atoms with Crippen molar-refractivity contribution < 1.29 is 27.5 Å². The van der Waals surface area contributed by atoms with Crippen molar-refractivity contribution in [3.8, 4) is 17.4 Å². The molecular weight excluding hydrogens is 631 g/mol. The lowest BCUT2D eigenvalue weighted by atomic mass is 9.98. The van der Waals surface area contributed by atoms with E-state index in [2.05, 4.69) is 21.0 Å². The minimum atomic E-state index is -4.64. The minimum absolute atomic E-state index is 0.0764. The molecule has 0 N–H and O–H groups in total. The van der Waals surface area contributed by atoms with Crippen LogP contribution >= 0.6 is 15.9 Å². The molecule has 1 amide bonds. The first-order chi connectivity index (χ1) is 20.2. The Morgan fingerprint density at radius 3 is 2.40 bits per heavy atom. The third-order valence-corrected chi connectivity index (χ3v) is 7.80. The molecule has 4 aromatic rings. The average molecular weight is 658 g/mol. The highest BCUT2D eigenvalue weighted by molar-refractivity contribution is 9.10. The monoisotopic (exact) mass is 657 g/mol. The average Bonchev–Trinajstić information content (AvgIpc) is 3.28. The van der Waals surface area contributed by atoms with Crippen LogP contribution in [0.5, 0.6) is 5.75 Å². The van der Waals surface area contributed by atoms with Crippen molar-refractivity contribution in [3.05, 3.63) is 97.1 Å². The van der Waals surface area contributed by atoms with Gasteiger partial charge in [0.05, 0.1) is 29.2 Å². The number of carbonyl (C=O) groups excluding carboxylic acids is 2. The van der Waals surface area contributed by atoms with Gasteiger partial charge >= 0.3 is 6.18 Å². The summed E-state index contributed by atoms with van der Waals surface area (Å²) in [5, 5.41) is 4.52. The number of carbonyl (C=O) groups is 2. The maximum Gasteiger partial charge on any atom is 0.417 e. The molecule has 0 bridgehead atoms. The van der Waals surface area contributed by atoms with Crippen LogP contribution in [0.1, 0.15) is 52.4 Å². The zero-order valence-electron chi connectivity index (χ0n) is 23.7. The van der Waals surface area contributed by atoms with Gasteiger partial charge in [0, 0.05) is 27.3 Å². The SMILES string of the molecule is CC(=O)COc1ccc(-n2c(-n3nc(C)cc3C)nc3c(c2=O)CC(C)N(C(=O)c2ccc(Br)c(C(F)(F)F)c2)C3)cc1. The fourth-order valence-corrected chi connectivity index (χ4v) is 5.51. The number of amides is 1. The van der Waals surface area contributed by atoms with E-state index in [1.807, 2.05) is 13.0 Å². The van der Waals surface area contributed by atoms with Crippen LogP contribution in [0.4, 0.5) is 13.2 Å². The summed E-state index contributed by atoms with van der Waals surface area (Å²) in [7, 11) is 0. The fraction of sp³-hybridized carbons (Fsp3) is 0.300. The predicted molar refractivity (Wildman–Crippen MR) is 155 cm³/mol. The van der Waals surface area contributed by atoms with Gasteiger partial charge in [0.25, 0.3) is 11.5 Å². The largest absolute Gasteiger partial charge is 0.486 e. The third-order valence-electron chi connectivity index (χ3n) is 7.11. The molecule has 5 rings (SSSR count). The van der Waals surface area contributed by atoms with E-state index in [-0.39, 0.29) is 46.9 Å². The summed E-state index contributed by atoms with van der Waals surface area (Å²) in [6.45, 7) is 6.62. The Morgan fingerprint density at radius 2 is 1.79 bits per heavy atom. The van der Waals surface area contributed by atoms with Gasteiger partial charge in [0.15, 0.2) is 5.78 Å². The van der Waals surface area contributed by atoms with E-state index >= 15 is 0 Å². The van der Waals surface area contributed by atoms with Gasteiger partial charge in [-0.3, -0.25) is 14.4 Å². The molecule has 1 aliphatic heterocycles. The summed E-state index contributed by atoms with van der Waals surface area (Å²) < 4.78 is 48.9. The minimum Gasteiger partial charge on any atom is -0.486 e. The summed E-state index contributed by atoms with van der Waals surface area (Å²) in [6.07, 6.45) is -4.50. The highest BCUT2D eigenvalue weighted by Crippen LogP contribution is 2.36. The van der Waals surface area contributed by atoms with E-state index in [1.165, 1.54) is 33.2 Å². The summed E-state index contributed by atoms with van der Waals surface area (Å²) in [4.78, 5) is 45.1. The number of nitrogens with zero attached hydrogens (tertiary/aromatic N) is 5. The first-order valence-corrected chi connectivity index (χ1v) is 14.1. The first-order valence-electron chi connectivity index (χ1n) is 13.3. The van der Waals surface area contributed by atoms with Gasteiger partial charge in [0.1, 0.15) is 12.4 Å². The third kappa shape index (κ3) is 5.99. The number of rotatable bonds is 6. The number of ether oxygens (including phenoxy) is 1. The highest BCUT2D eigenvalue weighted by Gasteiger charge is 2.36. The summed E-state index contributed by atoms with van der Waals surface area (Å²) in [5.41, 5.74) is 1.20. The molecule has 0 saturated heterocycles. The Labute approximate surface area is 253 Å². The number of hydrogen-bond acceptors (Lipinski definition) is 6. The van der Waals surface area contributed by atoms with Crippen molar-refractivity contribution in [3.63, 3.8) is 0 Å². The van der Waals surface area contributed by atoms with Gasteiger partial charge in [-0.25, -0.2) is 14.2 Å². The van der Waals surface area contributed by atoms with Crippen molar-refractivity contribution in [1.82, 2.24) is 24.2 Å². The Balaban J connectivity index is 1.58. The normalized spacial score (nSPS) is 14.9. The van der Waals surface area contributed by atoms with Crippen LogP contribution in [-0.2, 0) is 23.9 Å². The van der Waals surface area contributed by atoms with E-state index in [0.29, 0.717) is 34.1 Å². The van der Waals surface area contributed by atoms with Gasteiger partial charge in [-0.1, -0.05) is 15.9 Å². The number of Topliss-reactive ketones (excluding diaryl/α,β-unsaturated/α-hetero) is 1. The van der Waals surface area contributed by atoms with Crippen molar-refractivity contribution in [2.45, 2.75) is 52.9 Å². The molecular formula is C30H27BrF3N5O4. The second kappa shape index (κ2) is 11.4. The van der Waals surface area contributed by atoms with Gasteiger partial charge in [-0.15, -0.1) is 0 Å². The number of aryl methyl sites for hydroxylation is 2. The van der Waals surface area contributed by atoms with Crippen LogP contribution < -0.4 is 10.3 Å². The maximum atomic E-state index is 14.1. The Morgan fingerprint density at radius 1 is 1.09 bits per heavy atom. The number of fused-ring (bicyclic) bond motifs is 1. The Hall–Kier alpha value is -4.26. The van der Waals surface area contributed by atoms with E-state index in [9.17, 15) is 27.6 Å². The highest BCUT2D eigenvalue weighted by atomic mass is 79.9. The molecule has 2 aromatic carbocycles. The zero-order chi connectivity index (χ0) is 31.2. The van der Waals surface area contributed by atoms with Crippen LogP contribution in [0.15, 0.2) is 57.8 Å². The summed E-state index contributed by atoms with van der Waals surface area (Å²) >= 11 is 2.91. The van der Waals surface area contributed by atoms with Crippen LogP contribution in [0, 0.1) is 13.8 Å². The Kier molecular flexibility index (Phi) is 8.03. The van der Waals surface area contributed by atoms with Crippen LogP contribution in [0.2, 0.25) is 0 Å². The quantitative estimate of drug-likeness (QED) is 0.276. The van der Waals surface area contributed by atoms with Crippen LogP contribution in [0.3, 0.4) is 0 Å². The first kappa shape index (κ1) is 30.2. The van der Waals surface area contributed by atoms with Gasteiger partial charge in [-0.05, 0) is 82.6 Å². The molecule has 1 atom stereocenters. The smallest absolute Gasteiger partial charge is 0.417 e. The number of benzene rings is 2. The maximum absolute atomic E-state index is 14.1. The second-order valence-corrected chi connectivity index (χ2v) is 11.3. The van der Waals surface area contributed by atoms with E-state index in [1.54, 1.807) is 38.1 Å². The van der Waals surface area contributed by atoms with Gasteiger partial charge < -0.3 is 9.64 Å². The molecule has 0 aliphatic carbocycles. The molecule has 13 heteroatoms. The fourth-order valence-electron chi connectivity index (χ4n) is 5.04. The lowest BCUT2D eigenvalue weighted by Gasteiger charge is -2.34. The topological polar surface area (TPSA) is 99.3 Å². The Bertz CT molecular complexity index is 1800. The van der Waals surface area contributed by atoms with Crippen molar-refractivity contribution in [1.29, 1.82) is 0 Å². The van der Waals surface area contributed by atoms with E-state index in [0.717, 1.165) is 6.07 Å². The molecule has 0 fully saturated rings. The standard InChI is InChI=1S/C30H27BrF3N5O4/c1-16-11-18(3)39(36-16)29-35-26-14-37(27(41)20-5-10-25(31)24(13-20)30(32,33)34)17(2)12-23(26)28(42)38(29)21-6-8-22(9-7-21)43-15-19(4)40/h5-11,13,17H,12,14-15H2,1-4H3. The summed E-state index contributed by atoms with van der Waals surface area (Å²) in [5.74, 6) is -0.0869. The van der Waals surface area contributed by atoms with Gasteiger partial charge in [0.2, 0.25) is 5.95 Å². The molecule has 1 unspecified atom stereocenters. The molecule has 0 spiro atoms. The number of halogens is 4. The molecule has 2 aromatic heterocycles. The number of hydrogen-bond donors (Lipinski definition) is 0. The lowest BCUT2D eigenvalue weighted by Crippen LogP contribution is -2.46. The molecule has 9 nitrogen and oxygen atoms in total. The predicted octanol–water partition coefficient (Wildman–Crippen LogP) is 5.37. The van der Waals surface area contributed by atoms with Crippen molar-refractivity contribution in [2.24, 2.45) is 0 Å². The molecule has 224 valence electrons. The molecule has 0 radical (unpaired) electrons. The van der Waals surface area contributed by atoms with Crippen LogP contribution in [0.25, 0.3) is 11.6 Å². The van der Waals surface area contributed by atoms with Crippen LogP contribution in [-0.4, -0.2) is 48.6 Å².